The highest BCUT2D eigenvalue weighted by molar-refractivity contribution is 7.97. The number of aryl methyl sites for hydroxylation is 1. The Labute approximate surface area is 118 Å². The first-order valence-corrected chi connectivity index (χ1v) is 7.26. The van der Waals surface area contributed by atoms with E-state index in [-0.39, 0.29) is 0 Å². The third-order valence-corrected chi connectivity index (χ3v) is 3.45. The molecule has 5 heteroatoms. The van der Waals surface area contributed by atoms with Gasteiger partial charge >= 0.3 is 0 Å². The number of benzene rings is 1. The Morgan fingerprint density at radius 1 is 1.37 bits per heavy atom. The van der Waals surface area contributed by atoms with E-state index in [0.29, 0.717) is 0 Å². The molecule has 0 saturated heterocycles. The van der Waals surface area contributed by atoms with Gasteiger partial charge in [0, 0.05) is 35.9 Å². The third kappa shape index (κ3) is 3.52. The minimum atomic E-state index is 0.971. The molecule has 0 fully saturated rings. The van der Waals surface area contributed by atoms with Crippen LogP contribution in [0.5, 0.6) is 0 Å². The molecule has 4 nitrogen and oxygen atoms in total. The summed E-state index contributed by atoms with van der Waals surface area (Å²) in [6, 6.07) is 6.41. The van der Waals surface area contributed by atoms with Crippen LogP contribution in [0.25, 0.3) is 11.3 Å². The number of hydrogen-bond donors (Lipinski definition) is 2. The molecule has 0 saturated carbocycles. The molecule has 19 heavy (non-hydrogen) atoms. The van der Waals surface area contributed by atoms with Crippen LogP contribution in [-0.4, -0.2) is 23.1 Å². The molecule has 0 bridgehead atoms. The zero-order valence-corrected chi connectivity index (χ0v) is 12.4. The Balaban J connectivity index is 2.37. The van der Waals surface area contributed by atoms with Gasteiger partial charge in [-0.3, -0.25) is 4.72 Å². The van der Waals surface area contributed by atoms with Gasteiger partial charge in [0.1, 0.15) is 0 Å². The van der Waals surface area contributed by atoms with Gasteiger partial charge in [0.05, 0.1) is 12.0 Å². The molecular formula is C14H20N4S. The predicted octanol–water partition coefficient (Wildman–Crippen LogP) is 3.14. The van der Waals surface area contributed by atoms with E-state index in [0.717, 1.165) is 29.9 Å². The van der Waals surface area contributed by atoms with Gasteiger partial charge in [-0.1, -0.05) is 6.92 Å². The Morgan fingerprint density at radius 3 is 2.84 bits per heavy atom. The van der Waals surface area contributed by atoms with Crippen LogP contribution in [0, 0.1) is 0 Å². The first-order chi connectivity index (χ1) is 9.24. The van der Waals surface area contributed by atoms with Gasteiger partial charge in [-0.05, 0) is 43.6 Å². The molecule has 0 atom stereocenters. The number of nitrogens with zero attached hydrogens (tertiary/aromatic N) is 2. The fraction of sp³-hybridized carbons (Fsp3) is 0.357. The van der Waals surface area contributed by atoms with Gasteiger partial charge in [0.2, 0.25) is 0 Å². The van der Waals surface area contributed by atoms with Gasteiger partial charge in [-0.25, -0.2) is 4.98 Å². The number of nitrogens with one attached hydrogen (secondary N) is 2. The first kappa shape index (κ1) is 14.0. The molecule has 1 aromatic heterocycles. The van der Waals surface area contributed by atoms with Crippen LogP contribution in [0.15, 0.2) is 35.6 Å². The van der Waals surface area contributed by atoms with E-state index in [1.807, 2.05) is 31.2 Å². The zero-order valence-electron chi connectivity index (χ0n) is 11.6. The Hall–Kier alpha value is -1.46. The fourth-order valence-electron chi connectivity index (χ4n) is 1.88. The second-order valence-electron chi connectivity index (χ2n) is 4.36. The van der Waals surface area contributed by atoms with Crippen LogP contribution in [0.4, 0.5) is 5.69 Å². The molecule has 0 radical (unpaired) electrons. The van der Waals surface area contributed by atoms with Crippen molar-refractivity contribution >= 4 is 17.6 Å². The minimum absolute atomic E-state index is 0.971. The van der Waals surface area contributed by atoms with E-state index in [2.05, 4.69) is 40.1 Å². The van der Waals surface area contributed by atoms with Crippen molar-refractivity contribution in [2.45, 2.75) is 18.2 Å². The van der Waals surface area contributed by atoms with Crippen molar-refractivity contribution < 1.29 is 0 Å². The van der Waals surface area contributed by atoms with Crippen molar-refractivity contribution in [3.05, 3.63) is 30.7 Å². The van der Waals surface area contributed by atoms with Crippen LogP contribution in [-0.2, 0) is 7.05 Å². The molecule has 1 heterocycles. The summed E-state index contributed by atoms with van der Waals surface area (Å²) in [6.45, 7) is 3.14. The number of rotatable bonds is 6. The van der Waals surface area contributed by atoms with Crippen molar-refractivity contribution in [2.24, 2.45) is 7.05 Å². The van der Waals surface area contributed by atoms with Crippen molar-refractivity contribution in [3.63, 3.8) is 0 Å². The topological polar surface area (TPSA) is 41.9 Å². The monoisotopic (exact) mass is 276 g/mol. The Kier molecular flexibility index (Phi) is 4.87. The SMILES string of the molecule is CCCNc1ccc(SNC)cc1-c1cn(C)cn1. The van der Waals surface area contributed by atoms with Crippen LogP contribution in [0.2, 0.25) is 0 Å². The molecule has 102 valence electrons. The van der Waals surface area contributed by atoms with Gasteiger partial charge in [0.25, 0.3) is 0 Å². The second kappa shape index (κ2) is 6.63. The van der Waals surface area contributed by atoms with E-state index in [4.69, 9.17) is 0 Å². The van der Waals surface area contributed by atoms with Gasteiger partial charge in [0.15, 0.2) is 0 Å². The summed E-state index contributed by atoms with van der Waals surface area (Å²) in [5.74, 6) is 0. The maximum absolute atomic E-state index is 4.45. The minimum Gasteiger partial charge on any atom is -0.385 e. The van der Waals surface area contributed by atoms with Crippen LogP contribution in [0.3, 0.4) is 0 Å². The average molecular weight is 276 g/mol. The Morgan fingerprint density at radius 2 is 2.21 bits per heavy atom. The standard InChI is InChI=1S/C14H20N4S/c1-4-7-16-13-6-5-11(19-15-2)8-12(13)14-9-18(3)10-17-14/h5-6,8-10,15-16H,4,7H2,1-3H3. The van der Waals surface area contributed by atoms with E-state index in [1.165, 1.54) is 4.90 Å². The molecule has 2 aromatic rings. The zero-order chi connectivity index (χ0) is 13.7. The van der Waals surface area contributed by atoms with Crippen LogP contribution < -0.4 is 10.0 Å². The quantitative estimate of drug-likeness (QED) is 0.795. The number of hydrogen-bond acceptors (Lipinski definition) is 4. The maximum atomic E-state index is 4.45. The van der Waals surface area contributed by atoms with Crippen molar-refractivity contribution in [2.75, 3.05) is 18.9 Å². The van der Waals surface area contributed by atoms with Gasteiger partial charge in [-0.2, -0.15) is 0 Å². The molecular weight excluding hydrogens is 256 g/mol. The highest BCUT2D eigenvalue weighted by atomic mass is 32.2. The normalized spacial score (nSPS) is 10.7. The second-order valence-corrected chi connectivity index (χ2v) is 5.45. The Bertz CT molecular complexity index is 536. The summed E-state index contributed by atoms with van der Waals surface area (Å²) in [5.41, 5.74) is 3.29. The van der Waals surface area contributed by atoms with Gasteiger partial charge in [-0.15, -0.1) is 0 Å². The molecule has 0 aliphatic rings. The lowest BCUT2D eigenvalue weighted by atomic mass is 10.1. The number of aromatic nitrogens is 2. The maximum Gasteiger partial charge on any atom is 0.0951 e. The lowest BCUT2D eigenvalue weighted by Crippen LogP contribution is -2.02. The van der Waals surface area contributed by atoms with E-state index < -0.39 is 0 Å². The van der Waals surface area contributed by atoms with Gasteiger partial charge < -0.3 is 9.88 Å². The number of anilines is 1. The van der Waals surface area contributed by atoms with E-state index in [9.17, 15) is 0 Å². The molecule has 0 unspecified atom stereocenters. The molecule has 0 aliphatic carbocycles. The highest BCUT2D eigenvalue weighted by Crippen LogP contribution is 2.30. The summed E-state index contributed by atoms with van der Waals surface area (Å²) >= 11 is 1.61. The first-order valence-electron chi connectivity index (χ1n) is 6.44. The average Bonchev–Trinajstić information content (AvgIpc) is 2.84. The molecule has 2 N–H and O–H groups in total. The van der Waals surface area contributed by atoms with Crippen LogP contribution in [0.1, 0.15) is 13.3 Å². The summed E-state index contributed by atoms with van der Waals surface area (Å²) in [6.07, 6.45) is 4.98. The van der Waals surface area contributed by atoms with Crippen molar-refractivity contribution in [1.29, 1.82) is 0 Å². The molecule has 0 amide bonds. The third-order valence-electron chi connectivity index (χ3n) is 2.76. The molecule has 2 rings (SSSR count). The molecule has 0 spiro atoms. The van der Waals surface area contributed by atoms with Crippen LogP contribution >= 0.6 is 11.9 Å². The fourth-order valence-corrected chi connectivity index (χ4v) is 2.43. The highest BCUT2D eigenvalue weighted by Gasteiger charge is 2.09. The van der Waals surface area contributed by atoms with E-state index >= 15 is 0 Å². The number of imidazole rings is 1. The predicted molar refractivity (Wildman–Crippen MR) is 82.3 cm³/mol. The van der Waals surface area contributed by atoms with Crippen molar-refractivity contribution in [3.8, 4) is 11.3 Å². The summed E-state index contributed by atoms with van der Waals surface area (Å²) in [5, 5.41) is 3.46. The van der Waals surface area contributed by atoms with Crippen molar-refractivity contribution in [1.82, 2.24) is 14.3 Å². The summed E-state index contributed by atoms with van der Waals surface area (Å²) < 4.78 is 5.07. The smallest absolute Gasteiger partial charge is 0.0951 e. The summed E-state index contributed by atoms with van der Waals surface area (Å²) in [7, 11) is 3.91. The largest absolute Gasteiger partial charge is 0.385 e. The van der Waals surface area contributed by atoms with E-state index in [1.54, 1.807) is 11.9 Å². The summed E-state index contributed by atoms with van der Waals surface area (Å²) in [4.78, 5) is 5.63. The lowest BCUT2D eigenvalue weighted by molar-refractivity contribution is 0.913. The molecule has 1 aromatic carbocycles. The lowest BCUT2D eigenvalue weighted by Gasteiger charge is -2.11. The molecule has 0 aliphatic heterocycles.